The molecule has 0 N–H and O–H groups in total. The lowest BCUT2D eigenvalue weighted by Crippen LogP contribution is -2.22. The Morgan fingerprint density at radius 1 is 1.05 bits per heavy atom. The van der Waals surface area contributed by atoms with Crippen molar-refractivity contribution in [2.75, 3.05) is 7.05 Å². The minimum absolute atomic E-state index is 0.237. The van der Waals surface area contributed by atoms with Gasteiger partial charge in [0, 0.05) is 24.6 Å². The molecule has 20 heavy (non-hydrogen) atoms. The van der Waals surface area contributed by atoms with Crippen LogP contribution >= 0.6 is 11.8 Å². The predicted octanol–water partition coefficient (Wildman–Crippen LogP) is 3.14. The summed E-state index contributed by atoms with van der Waals surface area (Å²) in [5.74, 6) is -0.249. The molecule has 4 nitrogen and oxygen atoms in total. The van der Waals surface area contributed by atoms with Crippen molar-refractivity contribution in [3.8, 4) is 5.69 Å². The molecule has 0 aliphatic carbocycles. The number of likely N-dealkylation sites (N-methyl/N-ethyl adjacent to an activating group) is 1. The Balaban J connectivity index is 2.00. The Morgan fingerprint density at radius 3 is 2.45 bits per heavy atom. The molecule has 3 rings (SSSR count). The second-order valence-corrected chi connectivity index (χ2v) is 5.37. The molecule has 1 aromatic heterocycles. The van der Waals surface area contributed by atoms with Gasteiger partial charge in [0.15, 0.2) is 0 Å². The fourth-order valence-electron chi connectivity index (χ4n) is 2.02. The highest BCUT2D eigenvalue weighted by Gasteiger charge is 2.31. The van der Waals surface area contributed by atoms with E-state index in [1.54, 1.807) is 6.08 Å². The lowest BCUT2D eigenvalue weighted by Gasteiger charge is -2.06. The first-order chi connectivity index (χ1) is 9.66. The van der Waals surface area contributed by atoms with Gasteiger partial charge in [0.2, 0.25) is 0 Å². The van der Waals surface area contributed by atoms with Crippen LogP contribution in [0.25, 0.3) is 11.8 Å². The molecule has 2 heterocycles. The van der Waals surface area contributed by atoms with Crippen molar-refractivity contribution in [1.29, 1.82) is 0 Å². The molecule has 1 fully saturated rings. The van der Waals surface area contributed by atoms with Crippen LogP contribution in [0.15, 0.2) is 53.6 Å². The minimum atomic E-state index is -0.249. The van der Waals surface area contributed by atoms with Crippen molar-refractivity contribution in [2.45, 2.75) is 0 Å². The fraction of sp³-hybridized carbons (Fsp3) is 0.0667. The number of carbonyl (C=O) groups excluding carboxylic acids is 2. The Kier molecular flexibility index (Phi) is 3.20. The highest BCUT2D eigenvalue weighted by Crippen LogP contribution is 2.31. The van der Waals surface area contributed by atoms with Gasteiger partial charge in [-0.05, 0) is 42.1 Å². The van der Waals surface area contributed by atoms with Gasteiger partial charge >= 0.3 is 0 Å². The molecule has 100 valence electrons. The zero-order valence-electron chi connectivity index (χ0n) is 10.8. The van der Waals surface area contributed by atoms with E-state index in [0.29, 0.717) is 4.91 Å². The summed E-state index contributed by atoms with van der Waals surface area (Å²) in [6.45, 7) is 0. The van der Waals surface area contributed by atoms with E-state index in [1.165, 1.54) is 7.05 Å². The molecule has 1 aliphatic heterocycles. The number of hydrogen-bond donors (Lipinski definition) is 0. The van der Waals surface area contributed by atoms with Crippen LogP contribution in [-0.2, 0) is 4.79 Å². The van der Waals surface area contributed by atoms with Crippen LogP contribution in [0.1, 0.15) is 5.69 Å². The van der Waals surface area contributed by atoms with E-state index < -0.39 is 0 Å². The number of carbonyl (C=O) groups is 2. The molecule has 0 radical (unpaired) electrons. The zero-order valence-corrected chi connectivity index (χ0v) is 11.6. The SMILES string of the molecule is CN1C(=O)S/C(=C/c2cccn2-c2ccccc2)C1=O. The van der Waals surface area contributed by atoms with Gasteiger partial charge in [-0.3, -0.25) is 14.5 Å². The average Bonchev–Trinajstić information content (AvgIpc) is 3.02. The third-order valence-corrected chi connectivity index (χ3v) is 4.04. The molecular weight excluding hydrogens is 272 g/mol. The zero-order chi connectivity index (χ0) is 14.1. The van der Waals surface area contributed by atoms with Gasteiger partial charge in [0.1, 0.15) is 0 Å². The molecule has 5 heteroatoms. The number of nitrogens with zero attached hydrogens (tertiary/aromatic N) is 2. The maximum absolute atomic E-state index is 11.9. The summed E-state index contributed by atoms with van der Waals surface area (Å²) in [7, 11) is 1.49. The van der Waals surface area contributed by atoms with Crippen LogP contribution in [0.2, 0.25) is 0 Å². The Hall–Kier alpha value is -2.27. The van der Waals surface area contributed by atoms with Crippen LogP contribution in [0.4, 0.5) is 4.79 Å². The van der Waals surface area contributed by atoms with Crippen LogP contribution in [0.3, 0.4) is 0 Å². The van der Waals surface area contributed by atoms with Gasteiger partial charge in [-0.2, -0.15) is 0 Å². The fourth-order valence-corrected chi connectivity index (χ4v) is 2.83. The van der Waals surface area contributed by atoms with Crippen LogP contribution < -0.4 is 0 Å². The van der Waals surface area contributed by atoms with Gasteiger partial charge < -0.3 is 4.57 Å². The third kappa shape index (κ3) is 2.16. The number of amides is 2. The monoisotopic (exact) mass is 284 g/mol. The number of rotatable bonds is 2. The van der Waals surface area contributed by atoms with Crippen molar-refractivity contribution >= 4 is 29.0 Å². The van der Waals surface area contributed by atoms with Gasteiger partial charge in [-0.1, -0.05) is 18.2 Å². The van der Waals surface area contributed by atoms with Crippen molar-refractivity contribution in [2.24, 2.45) is 0 Å². The predicted molar refractivity (Wildman–Crippen MR) is 79.5 cm³/mol. The van der Waals surface area contributed by atoms with Gasteiger partial charge in [0.25, 0.3) is 11.1 Å². The lowest BCUT2D eigenvalue weighted by atomic mass is 10.3. The molecular formula is C15H12N2O2S. The number of benzene rings is 1. The Labute approximate surface area is 120 Å². The van der Waals surface area contributed by atoms with E-state index in [1.807, 2.05) is 53.2 Å². The standard InChI is InChI=1S/C15H12N2O2S/c1-16-14(18)13(20-15(16)19)10-12-8-5-9-17(12)11-6-3-2-4-7-11/h2-10H,1H3/b13-10+. The largest absolute Gasteiger partial charge is 0.317 e. The second kappa shape index (κ2) is 5.02. The lowest BCUT2D eigenvalue weighted by molar-refractivity contribution is -0.121. The molecule has 1 saturated heterocycles. The average molecular weight is 284 g/mol. The van der Waals surface area contributed by atoms with Gasteiger partial charge in [-0.25, -0.2) is 0 Å². The smallest absolute Gasteiger partial charge is 0.293 e. The van der Waals surface area contributed by atoms with Crippen molar-refractivity contribution in [3.05, 3.63) is 59.3 Å². The maximum Gasteiger partial charge on any atom is 0.293 e. The van der Waals surface area contributed by atoms with E-state index in [4.69, 9.17) is 0 Å². The first-order valence-electron chi connectivity index (χ1n) is 6.11. The Morgan fingerprint density at radius 2 is 1.80 bits per heavy atom. The molecule has 0 bridgehead atoms. The van der Waals surface area contributed by atoms with E-state index in [-0.39, 0.29) is 11.1 Å². The maximum atomic E-state index is 11.9. The normalized spacial score (nSPS) is 17.2. The number of thioether (sulfide) groups is 1. The van der Waals surface area contributed by atoms with Crippen LogP contribution in [0, 0.1) is 0 Å². The molecule has 0 saturated carbocycles. The van der Waals surface area contributed by atoms with Crippen molar-refractivity contribution in [1.82, 2.24) is 9.47 Å². The summed E-state index contributed by atoms with van der Waals surface area (Å²) >= 11 is 0.969. The van der Waals surface area contributed by atoms with Crippen molar-refractivity contribution < 1.29 is 9.59 Å². The third-order valence-electron chi connectivity index (χ3n) is 3.08. The highest BCUT2D eigenvalue weighted by molar-refractivity contribution is 8.18. The molecule has 0 spiro atoms. The van der Waals surface area contributed by atoms with E-state index >= 15 is 0 Å². The number of aromatic nitrogens is 1. The molecule has 2 aromatic rings. The summed E-state index contributed by atoms with van der Waals surface area (Å²) in [5, 5.41) is -0.237. The summed E-state index contributed by atoms with van der Waals surface area (Å²) in [4.78, 5) is 25.0. The first kappa shape index (κ1) is 12.7. The van der Waals surface area contributed by atoms with Crippen LogP contribution in [-0.4, -0.2) is 27.7 Å². The van der Waals surface area contributed by atoms with Crippen molar-refractivity contribution in [3.63, 3.8) is 0 Å². The molecule has 2 amide bonds. The second-order valence-electron chi connectivity index (χ2n) is 4.38. The van der Waals surface area contributed by atoms with Crippen LogP contribution in [0.5, 0.6) is 0 Å². The molecule has 1 aliphatic rings. The number of imide groups is 1. The van der Waals surface area contributed by atoms with E-state index in [2.05, 4.69) is 0 Å². The topological polar surface area (TPSA) is 42.3 Å². The van der Waals surface area contributed by atoms with Gasteiger partial charge in [-0.15, -0.1) is 0 Å². The summed E-state index contributed by atoms with van der Waals surface area (Å²) in [5.41, 5.74) is 1.88. The summed E-state index contributed by atoms with van der Waals surface area (Å²) < 4.78 is 1.98. The quantitative estimate of drug-likeness (QED) is 0.796. The summed E-state index contributed by atoms with van der Waals surface area (Å²) in [6.07, 6.45) is 3.68. The minimum Gasteiger partial charge on any atom is -0.317 e. The Bertz CT molecular complexity index is 704. The molecule has 1 aromatic carbocycles. The number of para-hydroxylation sites is 1. The number of hydrogen-bond acceptors (Lipinski definition) is 3. The first-order valence-corrected chi connectivity index (χ1v) is 6.93. The summed E-state index contributed by atoms with van der Waals surface area (Å²) in [6, 6.07) is 13.7. The highest BCUT2D eigenvalue weighted by atomic mass is 32.2. The van der Waals surface area contributed by atoms with E-state index in [9.17, 15) is 9.59 Å². The molecule has 0 unspecified atom stereocenters. The van der Waals surface area contributed by atoms with E-state index in [0.717, 1.165) is 28.0 Å². The van der Waals surface area contributed by atoms with Gasteiger partial charge in [0.05, 0.1) is 4.91 Å². The molecule has 0 atom stereocenters.